The van der Waals surface area contributed by atoms with Crippen molar-refractivity contribution in [3.63, 3.8) is 0 Å². The van der Waals surface area contributed by atoms with Gasteiger partial charge in [-0.1, -0.05) is 98.5 Å². The smallest absolute Gasteiger partial charge is 0.142 e. The van der Waals surface area contributed by atoms with Crippen molar-refractivity contribution < 1.29 is 4.42 Å². The standard InChI is InChI=1S/C31H29ClO/c1-4-9-24-25(10-5-2)30-29(28(24)21-11-7-6-8-12-21)26-19-23(32)17-18-27(26)33-31(30)22-15-13-20(3)14-16-22/h6-8,11-19H,4-5,9-10H2,1-3H3. The molecular weight excluding hydrogens is 424 g/mol. The molecule has 0 fully saturated rings. The Morgan fingerprint density at radius 3 is 2.03 bits per heavy atom. The minimum Gasteiger partial charge on any atom is -0.455 e. The maximum atomic E-state index is 6.67. The van der Waals surface area contributed by atoms with Crippen molar-refractivity contribution in [1.29, 1.82) is 0 Å². The molecule has 0 spiro atoms. The summed E-state index contributed by atoms with van der Waals surface area (Å²) >= 11 is 6.52. The fourth-order valence-electron chi connectivity index (χ4n) is 5.08. The zero-order valence-corrected chi connectivity index (χ0v) is 20.3. The minimum atomic E-state index is 0.733. The van der Waals surface area contributed by atoms with E-state index in [4.69, 9.17) is 16.0 Å². The lowest BCUT2D eigenvalue weighted by Gasteiger charge is -2.16. The molecule has 2 heteroatoms. The molecule has 0 aromatic heterocycles. The van der Waals surface area contributed by atoms with Crippen LogP contribution in [-0.4, -0.2) is 0 Å². The topological polar surface area (TPSA) is 13.1 Å². The average molecular weight is 453 g/mol. The second-order valence-electron chi connectivity index (χ2n) is 8.89. The molecule has 0 atom stereocenters. The Kier molecular flexibility index (Phi) is 6.00. The van der Waals surface area contributed by atoms with E-state index >= 15 is 0 Å². The summed E-state index contributed by atoms with van der Waals surface area (Å²) in [5, 5.41) is 1.82. The van der Waals surface area contributed by atoms with Crippen LogP contribution in [0.4, 0.5) is 0 Å². The van der Waals surface area contributed by atoms with E-state index in [1.807, 2.05) is 12.1 Å². The van der Waals surface area contributed by atoms with E-state index in [0.29, 0.717) is 0 Å². The van der Waals surface area contributed by atoms with Crippen molar-refractivity contribution in [3.8, 4) is 33.6 Å². The molecule has 0 radical (unpaired) electrons. The monoisotopic (exact) mass is 452 g/mol. The molecule has 0 bridgehead atoms. The summed E-state index contributed by atoms with van der Waals surface area (Å²) in [5.74, 6) is 0.961. The van der Waals surface area contributed by atoms with Crippen LogP contribution < -0.4 is 0 Å². The molecule has 33 heavy (non-hydrogen) atoms. The molecule has 0 saturated carbocycles. The zero-order valence-electron chi connectivity index (χ0n) is 19.5. The normalized spacial score (nSPS) is 11.5. The molecule has 166 valence electrons. The van der Waals surface area contributed by atoms with Crippen LogP contribution in [0, 0.1) is 6.92 Å². The molecule has 0 saturated heterocycles. The number of halogens is 1. The van der Waals surface area contributed by atoms with Crippen LogP contribution in [0.15, 0.2) is 77.2 Å². The highest BCUT2D eigenvalue weighted by Crippen LogP contribution is 2.52. The zero-order chi connectivity index (χ0) is 22.9. The first-order chi connectivity index (χ1) is 16.1. The molecule has 1 aliphatic carbocycles. The van der Waals surface area contributed by atoms with Crippen molar-refractivity contribution in [2.75, 3.05) is 0 Å². The van der Waals surface area contributed by atoms with Gasteiger partial charge in [-0.3, -0.25) is 0 Å². The number of benzene rings is 3. The van der Waals surface area contributed by atoms with Gasteiger partial charge in [0.05, 0.1) is 0 Å². The van der Waals surface area contributed by atoms with E-state index in [9.17, 15) is 0 Å². The number of hydrogen-bond acceptors (Lipinski definition) is 1. The molecule has 2 aliphatic rings. The Bertz CT molecular complexity index is 1380. The average Bonchev–Trinajstić information content (AvgIpc) is 3.14. The van der Waals surface area contributed by atoms with Crippen LogP contribution in [0.3, 0.4) is 0 Å². The highest BCUT2D eigenvalue weighted by Gasteiger charge is 2.30. The van der Waals surface area contributed by atoms with Gasteiger partial charge in [0, 0.05) is 27.1 Å². The van der Waals surface area contributed by atoms with Gasteiger partial charge in [-0.05, 0) is 60.2 Å². The van der Waals surface area contributed by atoms with Gasteiger partial charge in [0.1, 0.15) is 11.3 Å². The lowest BCUT2D eigenvalue weighted by atomic mass is 9.93. The molecule has 0 amide bonds. The Hall–Kier alpha value is -3.03. The van der Waals surface area contributed by atoms with Crippen LogP contribution in [0.25, 0.3) is 44.5 Å². The lowest BCUT2D eigenvalue weighted by molar-refractivity contribution is 0.621. The van der Waals surface area contributed by atoms with E-state index < -0.39 is 0 Å². The highest BCUT2D eigenvalue weighted by atomic mass is 35.5. The lowest BCUT2D eigenvalue weighted by Crippen LogP contribution is -1.94. The summed E-state index contributed by atoms with van der Waals surface area (Å²) in [4.78, 5) is 0. The predicted octanol–water partition coefficient (Wildman–Crippen LogP) is 9.74. The first-order valence-corrected chi connectivity index (χ1v) is 12.3. The van der Waals surface area contributed by atoms with Crippen LogP contribution in [0.1, 0.15) is 43.4 Å². The van der Waals surface area contributed by atoms with E-state index in [1.165, 1.54) is 38.9 Å². The van der Waals surface area contributed by atoms with Crippen molar-refractivity contribution in [2.45, 2.75) is 46.5 Å². The Labute approximate surface area is 201 Å². The van der Waals surface area contributed by atoms with Gasteiger partial charge in [0.25, 0.3) is 0 Å². The second-order valence-corrected chi connectivity index (χ2v) is 9.32. The van der Waals surface area contributed by atoms with Crippen molar-refractivity contribution >= 4 is 22.6 Å². The van der Waals surface area contributed by atoms with E-state index in [-0.39, 0.29) is 0 Å². The van der Waals surface area contributed by atoms with Gasteiger partial charge in [-0.15, -0.1) is 0 Å². The number of hydrogen-bond donors (Lipinski definition) is 0. The predicted molar refractivity (Wildman–Crippen MR) is 141 cm³/mol. The third-order valence-electron chi connectivity index (χ3n) is 6.49. The molecule has 5 rings (SSSR count). The Balaban J connectivity index is 1.99. The third kappa shape index (κ3) is 3.85. The summed E-state index contributed by atoms with van der Waals surface area (Å²) in [7, 11) is 0. The molecule has 0 N–H and O–H groups in total. The summed E-state index contributed by atoms with van der Waals surface area (Å²) < 4.78 is 6.67. The fourth-order valence-corrected chi connectivity index (χ4v) is 5.25. The van der Waals surface area contributed by atoms with Gasteiger partial charge < -0.3 is 4.42 Å². The molecule has 3 aromatic carbocycles. The van der Waals surface area contributed by atoms with E-state index in [0.717, 1.165) is 53.0 Å². The molecule has 3 aromatic rings. The summed E-state index contributed by atoms with van der Waals surface area (Å²) in [6.45, 7) is 6.65. The van der Waals surface area contributed by atoms with Gasteiger partial charge in [-0.2, -0.15) is 0 Å². The van der Waals surface area contributed by atoms with Crippen molar-refractivity contribution in [1.82, 2.24) is 0 Å². The first-order valence-electron chi connectivity index (χ1n) is 11.9. The van der Waals surface area contributed by atoms with Crippen LogP contribution in [0.2, 0.25) is 5.02 Å². The molecular formula is C31H29ClO. The number of fused-ring (bicyclic) bond motifs is 3. The fraction of sp³-hybridized carbons (Fsp3) is 0.226. The quantitative estimate of drug-likeness (QED) is 0.250. The molecule has 0 unspecified atom stereocenters. The Morgan fingerprint density at radius 1 is 0.697 bits per heavy atom. The molecule has 1 nitrogen and oxygen atoms in total. The van der Waals surface area contributed by atoms with Crippen LogP contribution >= 0.6 is 11.6 Å². The highest BCUT2D eigenvalue weighted by molar-refractivity contribution is 6.31. The van der Waals surface area contributed by atoms with Crippen LogP contribution in [-0.2, 0) is 12.8 Å². The first kappa shape index (κ1) is 21.8. The second kappa shape index (κ2) is 9.08. The molecule has 1 aliphatic heterocycles. The van der Waals surface area contributed by atoms with Crippen molar-refractivity contribution in [2.24, 2.45) is 0 Å². The summed E-state index contributed by atoms with van der Waals surface area (Å²) in [5.41, 5.74) is 11.2. The van der Waals surface area contributed by atoms with Gasteiger partial charge in [-0.25, -0.2) is 0 Å². The number of aryl methyl sites for hydroxylation is 1. The minimum absolute atomic E-state index is 0.733. The Morgan fingerprint density at radius 2 is 1.36 bits per heavy atom. The maximum absolute atomic E-state index is 6.67. The SMILES string of the molecule is CCCc1c(CCC)c(-c2ccccc2)c2c3cc(Cl)ccc3oc(-c3ccc(C)cc3)c1-2. The largest absolute Gasteiger partial charge is 0.455 e. The van der Waals surface area contributed by atoms with E-state index in [2.05, 4.69) is 81.4 Å². The third-order valence-corrected chi connectivity index (χ3v) is 6.73. The molecule has 1 heterocycles. The van der Waals surface area contributed by atoms with Gasteiger partial charge in [0.2, 0.25) is 0 Å². The number of rotatable bonds is 6. The van der Waals surface area contributed by atoms with E-state index in [1.54, 1.807) is 0 Å². The summed E-state index contributed by atoms with van der Waals surface area (Å²) in [6, 6.07) is 25.5. The van der Waals surface area contributed by atoms with Gasteiger partial charge in [0.15, 0.2) is 0 Å². The maximum Gasteiger partial charge on any atom is 0.142 e. The van der Waals surface area contributed by atoms with Crippen molar-refractivity contribution in [3.05, 3.63) is 94.5 Å². The van der Waals surface area contributed by atoms with Gasteiger partial charge >= 0.3 is 0 Å². The van der Waals surface area contributed by atoms with Crippen LogP contribution in [0.5, 0.6) is 0 Å². The summed E-state index contributed by atoms with van der Waals surface area (Å²) in [6.07, 6.45) is 4.26.